The molecule has 0 spiro atoms. The van der Waals surface area contributed by atoms with Gasteiger partial charge in [0.05, 0.1) is 4.47 Å². The smallest absolute Gasteiger partial charge is 0.145 e. The summed E-state index contributed by atoms with van der Waals surface area (Å²) < 4.78 is 27.4. The van der Waals surface area contributed by atoms with Gasteiger partial charge in [0.15, 0.2) is 0 Å². The van der Waals surface area contributed by atoms with Gasteiger partial charge in [-0.15, -0.1) is 12.4 Å². The zero-order valence-electron chi connectivity index (χ0n) is 8.55. The molecule has 0 radical (unpaired) electrons. The van der Waals surface area contributed by atoms with E-state index in [0.29, 0.717) is 0 Å². The van der Waals surface area contributed by atoms with Crippen molar-refractivity contribution in [2.24, 2.45) is 11.7 Å². The zero-order chi connectivity index (χ0) is 11.0. The van der Waals surface area contributed by atoms with Crippen molar-refractivity contribution in [3.8, 4) is 0 Å². The molecule has 1 atom stereocenters. The molecule has 1 aliphatic carbocycles. The fraction of sp³-hybridized carbons (Fsp3) is 0.455. The fourth-order valence-electron chi connectivity index (χ4n) is 1.88. The molecule has 1 aliphatic rings. The Balaban J connectivity index is 0.00000128. The first-order valence-electron chi connectivity index (χ1n) is 5.00. The molecule has 0 saturated heterocycles. The number of rotatable bonds is 2. The highest BCUT2D eigenvalue weighted by Crippen LogP contribution is 2.38. The van der Waals surface area contributed by atoms with Crippen LogP contribution in [0, 0.1) is 17.6 Å². The van der Waals surface area contributed by atoms with Gasteiger partial charge in [-0.25, -0.2) is 8.78 Å². The number of benzene rings is 1. The largest absolute Gasteiger partial charge is 0.324 e. The summed E-state index contributed by atoms with van der Waals surface area (Å²) in [6, 6.07) is 2.10. The van der Waals surface area contributed by atoms with Crippen LogP contribution < -0.4 is 5.73 Å². The van der Waals surface area contributed by atoms with Gasteiger partial charge < -0.3 is 5.73 Å². The van der Waals surface area contributed by atoms with Crippen LogP contribution in [0.2, 0.25) is 0 Å². The maximum absolute atomic E-state index is 13.7. The van der Waals surface area contributed by atoms with Crippen molar-refractivity contribution < 1.29 is 8.78 Å². The fourth-order valence-corrected chi connectivity index (χ4v) is 2.23. The summed E-state index contributed by atoms with van der Waals surface area (Å²) in [5.41, 5.74) is 5.89. The predicted octanol–water partition coefficient (Wildman–Crippen LogP) is 3.95. The van der Waals surface area contributed by atoms with Crippen molar-refractivity contribution in [1.82, 2.24) is 0 Å². The lowest BCUT2D eigenvalue weighted by Gasteiger charge is -2.31. The Kier molecular flexibility index (Phi) is 4.71. The van der Waals surface area contributed by atoms with Crippen LogP contribution in [0.5, 0.6) is 0 Å². The molecule has 1 fully saturated rings. The molecule has 0 amide bonds. The van der Waals surface area contributed by atoms with Crippen LogP contribution in [0.4, 0.5) is 8.78 Å². The molecule has 0 bridgehead atoms. The van der Waals surface area contributed by atoms with E-state index >= 15 is 0 Å². The lowest BCUT2D eigenvalue weighted by molar-refractivity contribution is 0.256. The summed E-state index contributed by atoms with van der Waals surface area (Å²) in [6.07, 6.45) is 3.04. The monoisotopic (exact) mass is 311 g/mol. The number of hydrogen-bond acceptors (Lipinski definition) is 1. The molecule has 0 aromatic heterocycles. The zero-order valence-corrected chi connectivity index (χ0v) is 11.0. The third-order valence-electron chi connectivity index (χ3n) is 3.07. The minimum absolute atomic E-state index is 0. The highest BCUT2D eigenvalue weighted by molar-refractivity contribution is 9.10. The molecule has 0 aliphatic heterocycles. The minimum atomic E-state index is -0.561. The van der Waals surface area contributed by atoms with Gasteiger partial charge in [-0.05, 0) is 46.8 Å². The first kappa shape index (κ1) is 13.9. The van der Waals surface area contributed by atoms with E-state index in [9.17, 15) is 8.78 Å². The molecule has 0 unspecified atom stereocenters. The molecule has 0 heterocycles. The van der Waals surface area contributed by atoms with Crippen molar-refractivity contribution in [3.63, 3.8) is 0 Å². The van der Waals surface area contributed by atoms with Gasteiger partial charge in [-0.3, -0.25) is 0 Å². The second-order valence-corrected chi connectivity index (χ2v) is 4.83. The van der Waals surface area contributed by atoms with Gasteiger partial charge in [0.25, 0.3) is 0 Å². The van der Waals surface area contributed by atoms with Crippen LogP contribution in [0.15, 0.2) is 16.6 Å². The first-order valence-corrected chi connectivity index (χ1v) is 5.79. The molecule has 1 nitrogen and oxygen atoms in total. The number of halogens is 4. The Labute approximate surface area is 108 Å². The van der Waals surface area contributed by atoms with Crippen molar-refractivity contribution >= 4 is 28.3 Å². The van der Waals surface area contributed by atoms with E-state index in [-0.39, 0.29) is 28.4 Å². The Morgan fingerprint density at radius 1 is 1.31 bits per heavy atom. The minimum Gasteiger partial charge on any atom is -0.324 e. The van der Waals surface area contributed by atoms with Crippen LogP contribution in [-0.2, 0) is 0 Å². The summed E-state index contributed by atoms with van der Waals surface area (Å²) in [6.45, 7) is 0. The van der Waals surface area contributed by atoms with Gasteiger partial charge in [-0.1, -0.05) is 6.42 Å². The van der Waals surface area contributed by atoms with Crippen molar-refractivity contribution in [2.45, 2.75) is 25.3 Å². The van der Waals surface area contributed by atoms with Gasteiger partial charge in [0.1, 0.15) is 11.6 Å². The molecule has 1 aromatic carbocycles. The van der Waals surface area contributed by atoms with Gasteiger partial charge in [0, 0.05) is 11.6 Å². The normalized spacial score (nSPS) is 17.5. The summed E-state index contributed by atoms with van der Waals surface area (Å²) in [5, 5.41) is 0. The molecule has 5 heteroatoms. The molecule has 1 aromatic rings. The molecule has 2 rings (SSSR count). The number of hydrogen-bond donors (Lipinski definition) is 1. The molecule has 90 valence electrons. The average Bonchev–Trinajstić information content (AvgIpc) is 2.09. The van der Waals surface area contributed by atoms with Crippen LogP contribution in [0.1, 0.15) is 30.9 Å². The van der Waals surface area contributed by atoms with Crippen LogP contribution >= 0.6 is 28.3 Å². The third kappa shape index (κ3) is 2.39. The summed E-state index contributed by atoms with van der Waals surface area (Å²) in [5.74, 6) is -0.882. The third-order valence-corrected chi connectivity index (χ3v) is 3.68. The lowest BCUT2D eigenvalue weighted by atomic mass is 9.77. The van der Waals surface area contributed by atoms with Crippen molar-refractivity contribution in [2.75, 3.05) is 0 Å². The van der Waals surface area contributed by atoms with E-state index in [0.717, 1.165) is 19.3 Å². The summed E-state index contributed by atoms with van der Waals surface area (Å²) in [7, 11) is 0. The van der Waals surface area contributed by atoms with Gasteiger partial charge in [0.2, 0.25) is 0 Å². The van der Waals surface area contributed by atoms with Crippen molar-refractivity contribution in [1.29, 1.82) is 0 Å². The quantitative estimate of drug-likeness (QED) is 0.822. The summed E-state index contributed by atoms with van der Waals surface area (Å²) in [4.78, 5) is 0. The Morgan fingerprint density at radius 3 is 2.44 bits per heavy atom. The lowest BCUT2D eigenvalue weighted by Crippen LogP contribution is -2.28. The van der Waals surface area contributed by atoms with Gasteiger partial charge >= 0.3 is 0 Å². The van der Waals surface area contributed by atoms with Gasteiger partial charge in [-0.2, -0.15) is 0 Å². The molecular weight excluding hydrogens is 299 g/mol. The topological polar surface area (TPSA) is 26.0 Å². The maximum atomic E-state index is 13.7. The standard InChI is InChI=1S/C11H12BrF2N.ClH/c12-7-4-5-8(13)9(10(7)14)11(15)6-2-1-3-6;/h4-6,11H,1-3,15H2;1H/t11-;/m1./s1. The Bertz CT molecular complexity index is 382. The molecule has 2 N–H and O–H groups in total. The highest BCUT2D eigenvalue weighted by atomic mass is 79.9. The van der Waals surface area contributed by atoms with E-state index in [2.05, 4.69) is 15.9 Å². The summed E-state index contributed by atoms with van der Waals surface area (Å²) >= 11 is 3.04. The molecular formula is C11H13BrClF2N. The first-order chi connectivity index (χ1) is 7.11. The highest BCUT2D eigenvalue weighted by Gasteiger charge is 2.30. The van der Waals surface area contributed by atoms with E-state index in [1.165, 1.54) is 12.1 Å². The van der Waals surface area contributed by atoms with E-state index in [4.69, 9.17) is 5.73 Å². The molecule has 16 heavy (non-hydrogen) atoms. The number of nitrogens with two attached hydrogens (primary N) is 1. The maximum Gasteiger partial charge on any atom is 0.145 e. The van der Waals surface area contributed by atoms with Crippen molar-refractivity contribution in [3.05, 3.63) is 33.8 Å². The van der Waals surface area contributed by atoms with E-state index in [1.807, 2.05) is 0 Å². The SMILES string of the molecule is Cl.N[C@@H](c1c(F)ccc(Br)c1F)C1CCC1. The van der Waals surface area contributed by atoms with Crippen LogP contribution in [0.3, 0.4) is 0 Å². The Morgan fingerprint density at radius 2 is 1.94 bits per heavy atom. The van der Waals surface area contributed by atoms with E-state index in [1.54, 1.807) is 0 Å². The van der Waals surface area contributed by atoms with Crippen LogP contribution in [0.25, 0.3) is 0 Å². The van der Waals surface area contributed by atoms with E-state index < -0.39 is 17.7 Å². The average molecular weight is 313 g/mol. The Hall–Kier alpha value is -0.190. The van der Waals surface area contributed by atoms with Crippen LogP contribution in [-0.4, -0.2) is 0 Å². The molecule has 1 saturated carbocycles. The second kappa shape index (κ2) is 5.43. The second-order valence-electron chi connectivity index (χ2n) is 3.97. The predicted molar refractivity (Wildman–Crippen MR) is 65.6 cm³/mol.